The van der Waals surface area contributed by atoms with Crippen LogP contribution >= 0.6 is 0 Å². The van der Waals surface area contributed by atoms with Crippen molar-refractivity contribution < 1.29 is 4.74 Å². The third kappa shape index (κ3) is 4.72. The van der Waals surface area contributed by atoms with Crippen LogP contribution in [-0.2, 0) is 6.54 Å². The number of ether oxygens (including phenoxy) is 1. The van der Waals surface area contributed by atoms with Crippen LogP contribution in [0.4, 0.5) is 0 Å². The number of rotatable bonds is 7. The van der Waals surface area contributed by atoms with Crippen LogP contribution in [0.1, 0.15) is 38.8 Å². The van der Waals surface area contributed by atoms with Gasteiger partial charge >= 0.3 is 0 Å². The minimum absolute atomic E-state index is 0.444. The molecule has 0 saturated carbocycles. The van der Waals surface area contributed by atoms with Crippen molar-refractivity contribution in [1.82, 2.24) is 20.2 Å². The van der Waals surface area contributed by atoms with Crippen LogP contribution in [0.2, 0.25) is 0 Å². The molecule has 5 nitrogen and oxygen atoms in total. The zero-order valence-corrected chi connectivity index (χ0v) is 12.8. The summed E-state index contributed by atoms with van der Waals surface area (Å²) in [5.41, 5.74) is 0.925. The molecule has 1 aromatic rings. The molecule has 0 bridgehead atoms. The second-order valence-corrected chi connectivity index (χ2v) is 5.80. The van der Waals surface area contributed by atoms with Gasteiger partial charge in [-0.05, 0) is 32.9 Å². The minimum Gasteiger partial charge on any atom is -0.477 e. The molecule has 0 spiro atoms. The maximum absolute atomic E-state index is 5.74. The van der Waals surface area contributed by atoms with Crippen molar-refractivity contribution in [3.8, 4) is 5.88 Å². The molecule has 1 aliphatic rings. The van der Waals surface area contributed by atoms with Gasteiger partial charge in [0.05, 0.1) is 18.5 Å². The summed E-state index contributed by atoms with van der Waals surface area (Å²) in [7, 11) is 2.19. The van der Waals surface area contributed by atoms with E-state index < -0.39 is 0 Å². The zero-order valence-electron chi connectivity index (χ0n) is 12.8. The molecule has 5 heteroatoms. The second-order valence-electron chi connectivity index (χ2n) is 5.80. The third-order valence-corrected chi connectivity index (χ3v) is 3.73. The summed E-state index contributed by atoms with van der Waals surface area (Å²) in [5, 5.41) is 3.33. The first-order valence-corrected chi connectivity index (χ1v) is 7.52. The Balaban J connectivity index is 1.76. The Morgan fingerprint density at radius 2 is 2.30 bits per heavy atom. The van der Waals surface area contributed by atoms with Gasteiger partial charge in [0.15, 0.2) is 0 Å². The van der Waals surface area contributed by atoms with Crippen molar-refractivity contribution in [2.45, 2.75) is 51.7 Å². The van der Waals surface area contributed by atoms with Crippen LogP contribution in [0.3, 0.4) is 0 Å². The number of hydrogen-bond donors (Lipinski definition) is 1. The molecule has 1 fully saturated rings. The maximum atomic E-state index is 5.74. The predicted molar refractivity (Wildman–Crippen MR) is 79.8 cm³/mol. The summed E-state index contributed by atoms with van der Waals surface area (Å²) in [6.45, 7) is 6.89. The van der Waals surface area contributed by atoms with Crippen LogP contribution in [0, 0.1) is 0 Å². The summed E-state index contributed by atoms with van der Waals surface area (Å²) < 4.78 is 5.74. The molecule has 0 aliphatic carbocycles. The fraction of sp³-hybridized carbons (Fsp3) is 0.733. The van der Waals surface area contributed by atoms with Crippen LogP contribution in [-0.4, -0.2) is 47.2 Å². The first kappa shape index (κ1) is 15.2. The lowest BCUT2D eigenvalue weighted by molar-refractivity contribution is 0.227. The summed E-state index contributed by atoms with van der Waals surface area (Å²) in [5.74, 6) is 0.633. The molecule has 0 amide bonds. The monoisotopic (exact) mass is 278 g/mol. The number of nitrogens with zero attached hydrogens (tertiary/aromatic N) is 3. The quantitative estimate of drug-likeness (QED) is 0.824. The largest absolute Gasteiger partial charge is 0.477 e. The van der Waals surface area contributed by atoms with Crippen LogP contribution < -0.4 is 10.1 Å². The van der Waals surface area contributed by atoms with Gasteiger partial charge in [0.25, 0.3) is 0 Å². The Bertz CT molecular complexity index is 411. The summed E-state index contributed by atoms with van der Waals surface area (Å²) >= 11 is 0. The predicted octanol–water partition coefficient (Wildman–Crippen LogP) is 1.84. The van der Waals surface area contributed by atoms with E-state index in [2.05, 4.69) is 41.1 Å². The lowest BCUT2D eigenvalue weighted by atomic mass is 10.1. The topological polar surface area (TPSA) is 50.3 Å². The van der Waals surface area contributed by atoms with Crippen LogP contribution in [0.5, 0.6) is 5.88 Å². The van der Waals surface area contributed by atoms with Gasteiger partial charge in [-0.15, -0.1) is 0 Å². The molecular weight excluding hydrogens is 252 g/mol. The molecule has 0 radical (unpaired) electrons. The van der Waals surface area contributed by atoms with Gasteiger partial charge in [-0.1, -0.05) is 13.8 Å². The van der Waals surface area contributed by atoms with Crippen molar-refractivity contribution in [2.75, 3.05) is 20.2 Å². The number of nitrogens with one attached hydrogen (secondary N) is 1. The van der Waals surface area contributed by atoms with Gasteiger partial charge < -0.3 is 15.0 Å². The molecule has 112 valence electrons. The Kier molecular flexibility index (Phi) is 5.73. The maximum Gasteiger partial charge on any atom is 0.232 e. The number of hydrogen-bond acceptors (Lipinski definition) is 5. The van der Waals surface area contributed by atoms with Crippen LogP contribution in [0.15, 0.2) is 12.4 Å². The fourth-order valence-corrected chi connectivity index (χ4v) is 2.49. The highest BCUT2D eigenvalue weighted by Crippen LogP contribution is 2.18. The Morgan fingerprint density at radius 3 is 3.00 bits per heavy atom. The van der Waals surface area contributed by atoms with Gasteiger partial charge in [-0.25, -0.2) is 4.98 Å². The zero-order chi connectivity index (χ0) is 14.4. The molecule has 1 N–H and O–H groups in total. The normalized spacial score (nSPS) is 19.7. The molecular formula is C15H26N4O. The van der Waals surface area contributed by atoms with E-state index in [-0.39, 0.29) is 0 Å². The van der Waals surface area contributed by atoms with Gasteiger partial charge in [0, 0.05) is 24.8 Å². The first-order chi connectivity index (χ1) is 9.65. The van der Waals surface area contributed by atoms with Gasteiger partial charge in [-0.2, -0.15) is 0 Å². The molecule has 1 aromatic heterocycles. The molecule has 1 atom stereocenters. The first-order valence-electron chi connectivity index (χ1n) is 7.52. The van der Waals surface area contributed by atoms with Crippen molar-refractivity contribution in [1.29, 1.82) is 0 Å². The van der Waals surface area contributed by atoms with E-state index >= 15 is 0 Å². The smallest absolute Gasteiger partial charge is 0.232 e. The average Bonchev–Trinajstić information content (AvgIpc) is 2.83. The molecule has 1 saturated heterocycles. The second kappa shape index (κ2) is 7.55. The van der Waals surface area contributed by atoms with Gasteiger partial charge in [-0.3, -0.25) is 4.98 Å². The third-order valence-electron chi connectivity index (χ3n) is 3.73. The SMILES string of the molecule is CC(C)NCc1cncc(OCCC2CCCN2C)n1. The highest BCUT2D eigenvalue weighted by Gasteiger charge is 2.20. The molecule has 0 aromatic carbocycles. The summed E-state index contributed by atoms with van der Waals surface area (Å²) in [6, 6.07) is 1.10. The fourth-order valence-electron chi connectivity index (χ4n) is 2.49. The van der Waals surface area contributed by atoms with Crippen molar-refractivity contribution in [3.63, 3.8) is 0 Å². The number of aromatic nitrogens is 2. The molecule has 1 unspecified atom stereocenters. The summed E-state index contributed by atoms with van der Waals surface area (Å²) in [6.07, 6.45) is 7.12. The van der Waals surface area contributed by atoms with Gasteiger partial charge in [0.1, 0.15) is 0 Å². The Labute approximate surface area is 121 Å². The standard InChI is InChI=1S/C15H26N4O/c1-12(2)17-10-13-9-16-11-15(18-13)20-8-6-14-5-4-7-19(14)3/h9,11-12,14,17H,4-8,10H2,1-3H3. The van der Waals surface area contributed by atoms with E-state index in [1.807, 2.05) is 0 Å². The van der Waals surface area contributed by atoms with Crippen molar-refractivity contribution >= 4 is 0 Å². The molecule has 1 aliphatic heterocycles. The summed E-state index contributed by atoms with van der Waals surface area (Å²) in [4.78, 5) is 11.1. The Morgan fingerprint density at radius 1 is 1.45 bits per heavy atom. The average molecular weight is 278 g/mol. The van der Waals surface area contributed by atoms with Crippen molar-refractivity contribution in [3.05, 3.63) is 18.1 Å². The van der Waals surface area contributed by atoms with E-state index in [9.17, 15) is 0 Å². The van der Waals surface area contributed by atoms with Crippen molar-refractivity contribution in [2.24, 2.45) is 0 Å². The van der Waals surface area contributed by atoms with Crippen LogP contribution in [0.25, 0.3) is 0 Å². The lowest BCUT2D eigenvalue weighted by Gasteiger charge is -2.19. The van der Waals surface area contributed by atoms with E-state index in [1.54, 1.807) is 12.4 Å². The minimum atomic E-state index is 0.444. The molecule has 2 heterocycles. The molecule has 20 heavy (non-hydrogen) atoms. The highest BCUT2D eigenvalue weighted by atomic mass is 16.5. The van der Waals surface area contributed by atoms with E-state index in [0.717, 1.165) is 18.7 Å². The Hall–Kier alpha value is -1.20. The van der Waals surface area contributed by atoms with E-state index in [1.165, 1.54) is 19.4 Å². The lowest BCUT2D eigenvalue weighted by Crippen LogP contribution is -2.26. The van der Waals surface area contributed by atoms with E-state index in [0.29, 0.717) is 24.6 Å². The van der Waals surface area contributed by atoms with E-state index in [4.69, 9.17) is 4.74 Å². The highest BCUT2D eigenvalue weighted by molar-refractivity contribution is 5.08. The van der Waals surface area contributed by atoms with Gasteiger partial charge in [0.2, 0.25) is 5.88 Å². The number of likely N-dealkylation sites (tertiary alicyclic amines) is 1. The molecule has 2 rings (SSSR count).